The molecule has 2 aromatic rings. The third-order valence-corrected chi connectivity index (χ3v) is 4.80. The lowest BCUT2D eigenvalue weighted by molar-refractivity contribution is 0.194. The van der Waals surface area contributed by atoms with Gasteiger partial charge in [-0.05, 0) is 44.6 Å². The second kappa shape index (κ2) is 5.35. The molecule has 2 heterocycles. The van der Waals surface area contributed by atoms with Crippen molar-refractivity contribution >= 4 is 32.4 Å². The molecule has 0 amide bonds. The number of piperidine rings is 1. The first-order valence-corrected chi connectivity index (χ1v) is 7.64. The van der Waals surface area contributed by atoms with Crippen LogP contribution in [0.25, 0.3) is 10.2 Å². The van der Waals surface area contributed by atoms with Gasteiger partial charge in [0.1, 0.15) is 0 Å². The van der Waals surface area contributed by atoms with Crippen molar-refractivity contribution in [3.8, 4) is 0 Å². The molecular formula is C14H20N4S. The molecule has 3 N–H and O–H groups in total. The Morgan fingerprint density at radius 2 is 2.37 bits per heavy atom. The number of rotatable bonds is 3. The number of nitrogens with one attached hydrogen (secondary N) is 1. The zero-order valence-electron chi connectivity index (χ0n) is 11.2. The molecule has 0 radical (unpaired) electrons. The van der Waals surface area contributed by atoms with Crippen LogP contribution in [0.3, 0.4) is 0 Å². The minimum Gasteiger partial charge on any atom is -0.399 e. The van der Waals surface area contributed by atoms with E-state index in [2.05, 4.69) is 22.2 Å². The summed E-state index contributed by atoms with van der Waals surface area (Å²) in [6, 6.07) is 6.51. The van der Waals surface area contributed by atoms with Crippen molar-refractivity contribution in [2.45, 2.75) is 25.3 Å². The highest BCUT2D eigenvalue weighted by Gasteiger charge is 2.18. The van der Waals surface area contributed by atoms with Gasteiger partial charge in [-0.15, -0.1) is 0 Å². The van der Waals surface area contributed by atoms with Crippen LogP contribution >= 0.6 is 11.3 Å². The second-order valence-electron chi connectivity index (χ2n) is 5.26. The number of nitrogen functional groups attached to an aromatic ring is 1. The number of benzene rings is 1. The summed E-state index contributed by atoms with van der Waals surface area (Å²) in [4.78, 5) is 7.04. The van der Waals surface area contributed by atoms with Crippen LogP contribution in [0.2, 0.25) is 0 Å². The first-order valence-electron chi connectivity index (χ1n) is 6.82. The number of thiazole rings is 1. The van der Waals surface area contributed by atoms with Crippen LogP contribution in [0.1, 0.15) is 19.3 Å². The molecule has 1 aliphatic rings. The van der Waals surface area contributed by atoms with Gasteiger partial charge in [0, 0.05) is 18.3 Å². The molecule has 5 heteroatoms. The van der Waals surface area contributed by atoms with Crippen LogP contribution < -0.4 is 11.1 Å². The normalized spacial score (nSPS) is 20.8. The Labute approximate surface area is 117 Å². The highest BCUT2D eigenvalue weighted by atomic mass is 32.1. The molecule has 19 heavy (non-hydrogen) atoms. The molecule has 102 valence electrons. The number of nitrogens with two attached hydrogens (primary N) is 1. The van der Waals surface area contributed by atoms with E-state index in [4.69, 9.17) is 5.73 Å². The van der Waals surface area contributed by atoms with Crippen LogP contribution in [0.15, 0.2) is 18.2 Å². The topological polar surface area (TPSA) is 54.2 Å². The van der Waals surface area contributed by atoms with E-state index >= 15 is 0 Å². The standard InChI is InChI=1S/C14H20N4S/c1-18-7-3-2-4-11(18)9-16-14-17-12-6-5-10(15)8-13(12)19-14/h5-6,8,11H,2-4,7,9,15H2,1H3,(H,16,17). The molecule has 0 saturated carbocycles. The fourth-order valence-electron chi connectivity index (χ4n) is 2.62. The molecular weight excluding hydrogens is 256 g/mol. The average Bonchev–Trinajstić information content (AvgIpc) is 2.79. The summed E-state index contributed by atoms with van der Waals surface area (Å²) < 4.78 is 1.15. The quantitative estimate of drug-likeness (QED) is 0.846. The van der Waals surface area contributed by atoms with E-state index < -0.39 is 0 Å². The molecule has 0 spiro atoms. The third kappa shape index (κ3) is 2.82. The van der Waals surface area contributed by atoms with E-state index in [1.54, 1.807) is 11.3 Å². The molecule has 3 rings (SSSR count). The molecule has 0 bridgehead atoms. The lowest BCUT2D eigenvalue weighted by atomic mass is 10.0. The number of nitrogens with zero attached hydrogens (tertiary/aromatic N) is 2. The van der Waals surface area contributed by atoms with Gasteiger partial charge in [-0.25, -0.2) is 4.98 Å². The maximum Gasteiger partial charge on any atom is 0.183 e. The molecule has 1 aromatic carbocycles. The van der Waals surface area contributed by atoms with Gasteiger partial charge in [0.2, 0.25) is 0 Å². The van der Waals surface area contributed by atoms with Gasteiger partial charge < -0.3 is 16.0 Å². The fourth-order valence-corrected chi connectivity index (χ4v) is 3.55. The van der Waals surface area contributed by atoms with Crippen molar-refractivity contribution in [3.63, 3.8) is 0 Å². The van der Waals surface area contributed by atoms with Gasteiger partial charge in [-0.2, -0.15) is 0 Å². The minimum absolute atomic E-state index is 0.630. The predicted molar refractivity (Wildman–Crippen MR) is 82.8 cm³/mol. The Bertz CT molecular complexity index is 566. The summed E-state index contributed by atoms with van der Waals surface area (Å²) in [7, 11) is 2.21. The molecule has 1 aliphatic heterocycles. The van der Waals surface area contributed by atoms with E-state index in [1.807, 2.05) is 18.2 Å². The SMILES string of the molecule is CN1CCCCC1CNc1nc2ccc(N)cc2s1. The Morgan fingerprint density at radius 1 is 1.47 bits per heavy atom. The Hall–Kier alpha value is -1.33. The summed E-state index contributed by atoms with van der Waals surface area (Å²) in [5.74, 6) is 0. The summed E-state index contributed by atoms with van der Waals surface area (Å²) in [6.07, 6.45) is 3.95. The van der Waals surface area contributed by atoms with Crippen LogP contribution in [-0.4, -0.2) is 36.1 Å². The van der Waals surface area contributed by atoms with E-state index in [9.17, 15) is 0 Å². The van der Waals surface area contributed by atoms with Gasteiger partial charge in [-0.1, -0.05) is 17.8 Å². The van der Waals surface area contributed by atoms with Crippen LogP contribution in [0.4, 0.5) is 10.8 Å². The molecule has 1 atom stereocenters. The van der Waals surface area contributed by atoms with Gasteiger partial charge in [-0.3, -0.25) is 0 Å². The molecule has 0 aliphatic carbocycles. The summed E-state index contributed by atoms with van der Waals surface area (Å²) in [5.41, 5.74) is 7.62. The highest BCUT2D eigenvalue weighted by Crippen LogP contribution is 2.27. The summed E-state index contributed by atoms with van der Waals surface area (Å²) in [6.45, 7) is 2.19. The maximum atomic E-state index is 5.79. The van der Waals surface area contributed by atoms with Crippen molar-refractivity contribution in [2.24, 2.45) is 0 Å². The smallest absolute Gasteiger partial charge is 0.183 e. The fraction of sp³-hybridized carbons (Fsp3) is 0.500. The van der Waals surface area contributed by atoms with Crippen molar-refractivity contribution in [1.82, 2.24) is 9.88 Å². The number of fused-ring (bicyclic) bond motifs is 1. The number of aromatic nitrogens is 1. The first-order chi connectivity index (χ1) is 9.22. The molecule has 1 aromatic heterocycles. The number of likely N-dealkylation sites (tertiary alicyclic amines) is 1. The Kier molecular flexibility index (Phi) is 3.57. The minimum atomic E-state index is 0.630. The Balaban J connectivity index is 1.68. The summed E-state index contributed by atoms with van der Waals surface area (Å²) in [5, 5.41) is 4.48. The zero-order valence-corrected chi connectivity index (χ0v) is 12.0. The molecule has 4 nitrogen and oxygen atoms in total. The van der Waals surface area contributed by atoms with E-state index in [0.29, 0.717) is 6.04 Å². The van der Waals surface area contributed by atoms with Crippen molar-refractivity contribution in [1.29, 1.82) is 0 Å². The number of hydrogen-bond acceptors (Lipinski definition) is 5. The second-order valence-corrected chi connectivity index (χ2v) is 6.29. The lowest BCUT2D eigenvalue weighted by Gasteiger charge is -2.32. The summed E-state index contributed by atoms with van der Waals surface area (Å²) >= 11 is 1.68. The monoisotopic (exact) mass is 276 g/mol. The van der Waals surface area contributed by atoms with Crippen molar-refractivity contribution in [2.75, 3.05) is 31.2 Å². The van der Waals surface area contributed by atoms with Crippen LogP contribution in [0.5, 0.6) is 0 Å². The van der Waals surface area contributed by atoms with Crippen molar-refractivity contribution in [3.05, 3.63) is 18.2 Å². The van der Waals surface area contributed by atoms with Gasteiger partial charge in [0.05, 0.1) is 10.2 Å². The van der Waals surface area contributed by atoms with Crippen LogP contribution in [-0.2, 0) is 0 Å². The van der Waals surface area contributed by atoms with Crippen molar-refractivity contribution < 1.29 is 0 Å². The molecule has 1 unspecified atom stereocenters. The van der Waals surface area contributed by atoms with E-state index in [0.717, 1.165) is 27.6 Å². The number of anilines is 2. The highest BCUT2D eigenvalue weighted by molar-refractivity contribution is 7.22. The average molecular weight is 276 g/mol. The first kappa shape index (κ1) is 12.7. The van der Waals surface area contributed by atoms with Crippen LogP contribution in [0, 0.1) is 0 Å². The van der Waals surface area contributed by atoms with E-state index in [-0.39, 0.29) is 0 Å². The van der Waals surface area contributed by atoms with E-state index in [1.165, 1.54) is 25.8 Å². The number of likely N-dealkylation sites (N-methyl/N-ethyl adjacent to an activating group) is 1. The zero-order chi connectivity index (χ0) is 13.2. The molecule has 1 saturated heterocycles. The number of hydrogen-bond donors (Lipinski definition) is 2. The largest absolute Gasteiger partial charge is 0.399 e. The molecule has 1 fully saturated rings. The maximum absolute atomic E-state index is 5.79. The van der Waals surface area contributed by atoms with Gasteiger partial charge in [0.15, 0.2) is 5.13 Å². The van der Waals surface area contributed by atoms with Gasteiger partial charge in [0.25, 0.3) is 0 Å². The predicted octanol–water partition coefficient (Wildman–Crippen LogP) is 2.77. The lowest BCUT2D eigenvalue weighted by Crippen LogP contribution is -2.40. The Morgan fingerprint density at radius 3 is 3.21 bits per heavy atom. The third-order valence-electron chi connectivity index (χ3n) is 3.82. The van der Waals surface area contributed by atoms with Gasteiger partial charge >= 0.3 is 0 Å².